The molecule has 0 bridgehead atoms. The van der Waals surface area contributed by atoms with E-state index in [1.807, 2.05) is 6.07 Å². The predicted octanol–water partition coefficient (Wildman–Crippen LogP) is 3.30. The van der Waals surface area contributed by atoms with Crippen molar-refractivity contribution < 1.29 is 9.21 Å². The van der Waals surface area contributed by atoms with Crippen molar-refractivity contribution in [1.29, 1.82) is 0 Å². The van der Waals surface area contributed by atoms with Gasteiger partial charge in [-0.1, -0.05) is 11.6 Å². The van der Waals surface area contributed by atoms with E-state index in [-0.39, 0.29) is 5.91 Å². The van der Waals surface area contributed by atoms with Crippen LogP contribution in [0.4, 0.5) is 0 Å². The van der Waals surface area contributed by atoms with Crippen LogP contribution < -0.4 is 5.32 Å². The van der Waals surface area contributed by atoms with Crippen molar-refractivity contribution in [2.75, 3.05) is 6.54 Å². The summed E-state index contributed by atoms with van der Waals surface area (Å²) in [5.74, 6) is 0.628. The first kappa shape index (κ1) is 12.7. The van der Waals surface area contributed by atoms with Gasteiger partial charge < -0.3 is 9.73 Å². The molecular weight excluding hydrogens is 226 g/mol. The van der Waals surface area contributed by atoms with Crippen molar-refractivity contribution in [1.82, 2.24) is 5.32 Å². The number of rotatable bonds is 5. The van der Waals surface area contributed by atoms with E-state index in [2.05, 4.69) is 11.4 Å². The van der Waals surface area contributed by atoms with Crippen LogP contribution in [0.1, 0.15) is 37.9 Å². The van der Waals surface area contributed by atoms with Crippen molar-refractivity contribution in [3.63, 3.8) is 0 Å². The summed E-state index contributed by atoms with van der Waals surface area (Å²) < 4.78 is 5.11. The molecule has 0 aliphatic heterocycles. The van der Waals surface area contributed by atoms with Crippen LogP contribution >= 0.6 is 0 Å². The maximum atomic E-state index is 11.5. The van der Waals surface area contributed by atoms with E-state index < -0.39 is 0 Å². The summed E-state index contributed by atoms with van der Waals surface area (Å²) in [4.78, 5) is 11.5. The summed E-state index contributed by atoms with van der Waals surface area (Å²) in [6.45, 7) is 0.715. The maximum Gasteiger partial charge on any atom is 0.244 e. The molecule has 0 aromatic carbocycles. The molecule has 3 heteroatoms. The molecule has 1 aromatic rings. The Morgan fingerprint density at radius 1 is 1.44 bits per heavy atom. The third-order valence-corrected chi connectivity index (χ3v) is 3.07. The Labute approximate surface area is 108 Å². The highest BCUT2D eigenvalue weighted by Gasteiger charge is 2.03. The Morgan fingerprint density at radius 3 is 3.11 bits per heavy atom. The normalized spacial score (nSPS) is 15.7. The first-order valence-corrected chi connectivity index (χ1v) is 6.52. The fraction of sp³-hybridized carbons (Fsp3) is 0.400. The Hall–Kier alpha value is -1.77. The standard InChI is InChI=1S/C15H19NO2/c17-15(9-8-14-7-4-12-18-14)16-11-10-13-5-2-1-3-6-13/h4-5,7-9,12H,1-3,6,10-11H2,(H,16,17). The summed E-state index contributed by atoms with van der Waals surface area (Å²) in [6, 6.07) is 3.61. The van der Waals surface area contributed by atoms with E-state index >= 15 is 0 Å². The largest absolute Gasteiger partial charge is 0.465 e. The van der Waals surface area contributed by atoms with Crippen LogP contribution in [-0.4, -0.2) is 12.5 Å². The molecule has 0 spiro atoms. The molecule has 1 aromatic heterocycles. The number of carbonyl (C=O) groups is 1. The van der Waals surface area contributed by atoms with Crippen molar-refractivity contribution in [2.24, 2.45) is 0 Å². The number of hydrogen-bond acceptors (Lipinski definition) is 2. The predicted molar refractivity (Wildman–Crippen MR) is 71.9 cm³/mol. The number of hydrogen-bond donors (Lipinski definition) is 1. The Bertz CT molecular complexity index is 429. The van der Waals surface area contributed by atoms with Gasteiger partial charge in [0.1, 0.15) is 5.76 Å². The number of amides is 1. The van der Waals surface area contributed by atoms with Gasteiger partial charge in [0.25, 0.3) is 0 Å². The van der Waals surface area contributed by atoms with Crippen molar-refractivity contribution in [2.45, 2.75) is 32.1 Å². The number of allylic oxidation sites excluding steroid dienone is 1. The zero-order valence-corrected chi connectivity index (χ0v) is 10.5. The first-order chi connectivity index (χ1) is 8.84. The van der Waals surface area contributed by atoms with Gasteiger partial charge in [-0.3, -0.25) is 4.79 Å². The van der Waals surface area contributed by atoms with Crippen LogP contribution in [0.5, 0.6) is 0 Å². The molecule has 18 heavy (non-hydrogen) atoms. The second-order valence-corrected chi connectivity index (χ2v) is 4.50. The molecule has 1 amide bonds. The monoisotopic (exact) mass is 245 g/mol. The van der Waals surface area contributed by atoms with Crippen LogP contribution in [-0.2, 0) is 4.79 Å². The average molecular weight is 245 g/mol. The van der Waals surface area contributed by atoms with Crippen molar-refractivity contribution >= 4 is 12.0 Å². The van der Waals surface area contributed by atoms with E-state index in [1.165, 1.54) is 37.3 Å². The lowest BCUT2D eigenvalue weighted by atomic mass is 9.97. The minimum Gasteiger partial charge on any atom is -0.465 e. The van der Waals surface area contributed by atoms with E-state index in [4.69, 9.17) is 4.42 Å². The van der Waals surface area contributed by atoms with Crippen LogP contribution in [0.25, 0.3) is 6.08 Å². The molecule has 2 rings (SSSR count). The molecule has 1 aliphatic rings. The maximum absolute atomic E-state index is 11.5. The van der Waals surface area contributed by atoms with E-state index in [0.717, 1.165) is 6.42 Å². The molecule has 1 N–H and O–H groups in total. The van der Waals surface area contributed by atoms with Crippen LogP contribution in [0.2, 0.25) is 0 Å². The molecule has 0 atom stereocenters. The van der Waals surface area contributed by atoms with Gasteiger partial charge in [0.2, 0.25) is 5.91 Å². The minimum absolute atomic E-state index is 0.0668. The van der Waals surface area contributed by atoms with E-state index in [9.17, 15) is 4.79 Å². The molecule has 0 fully saturated rings. The van der Waals surface area contributed by atoms with Gasteiger partial charge in [-0.2, -0.15) is 0 Å². The van der Waals surface area contributed by atoms with Gasteiger partial charge in [-0.25, -0.2) is 0 Å². The zero-order chi connectivity index (χ0) is 12.6. The van der Waals surface area contributed by atoms with Gasteiger partial charge >= 0.3 is 0 Å². The van der Waals surface area contributed by atoms with Crippen LogP contribution in [0.15, 0.2) is 40.5 Å². The topological polar surface area (TPSA) is 42.2 Å². The van der Waals surface area contributed by atoms with Gasteiger partial charge in [-0.05, 0) is 50.3 Å². The fourth-order valence-corrected chi connectivity index (χ4v) is 2.08. The van der Waals surface area contributed by atoms with Gasteiger partial charge in [0.05, 0.1) is 6.26 Å². The first-order valence-electron chi connectivity index (χ1n) is 6.52. The molecule has 0 saturated heterocycles. The zero-order valence-electron chi connectivity index (χ0n) is 10.5. The minimum atomic E-state index is -0.0668. The number of furan rings is 1. The van der Waals surface area contributed by atoms with Gasteiger partial charge in [0, 0.05) is 12.6 Å². The fourth-order valence-electron chi connectivity index (χ4n) is 2.08. The molecule has 96 valence electrons. The summed E-state index contributed by atoms with van der Waals surface area (Å²) in [5.41, 5.74) is 1.48. The Kier molecular flexibility index (Phi) is 4.82. The lowest BCUT2D eigenvalue weighted by Gasteiger charge is -2.12. The van der Waals surface area contributed by atoms with E-state index in [0.29, 0.717) is 12.3 Å². The summed E-state index contributed by atoms with van der Waals surface area (Å²) in [6.07, 6.45) is 13.0. The Balaban J connectivity index is 1.67. The van der Waals surface area contributed by atoms with Gasteiger partial charge in [-0.15, -0.1) is 0 Å². The average Bonchev–Trinajstić information content (AvgIpc) is 2.91. The highest BCUT2D eigenvalue weighted by Crippen LogP contribution is 2.19. The molecule has 3 nitrogen and oxygen atoms in total. The number of nitrogens with one attached hydrogen (secondary N) is 1. The highest BCUT2D eigenvalue weighted by atomic mass is 16.3. The lowest BCUT2D eigenvalue weighted by molar-refractivity contribution is -0.116. The van der Waals surface area contributed by atoms with E-state index in [1.54, 1.807) is 18.4 Å². The third kappa shape index (κ3) is 4.24. The molecule has 0 radical (unpaired) electrons. The molecule has 0 saturated carbocycles. The molecule has 1 aliphatic carbocycles. The molecule has 1 heterocycles. The summed E-state index contributed by atoms with van der Waals surface area (Å²) in [5, 5.41) is 2.88. The molecule has 0 unspecified atom stereocenters. The molecular formula is C15H19NO2. The van der Waals surface area contributed by atoms with Gasteiger partial charge in [0.15, 0.2) is 0 Å². The lowest BCUT2D eigenvalue weighted by Crippen LogP contribution is -2.22. The van der Waals surface area contributed by atoms with Crippen molar-refractivity contribution in [3.05, 3.63) is 41.9 Å². The highest BCUT2D eigenvalue weighted by molar-refractivity contribution is 5.91. The number of carbonyl (C=O) groups excluding carboxylic acids is 1. The Morgan fingerprint density at radius 2 is 2.39 bits per heavy atom. The summed E-state index contributed by atoms with van der Waals surface area (Å²) >= 11 is 0. The second kappa shape index (κ2) is 6.84. The summed E-state index contributed by atoms with van der Waals surface area (Å²) in [7, 11) is 0. The second-order valence-electron chi connectivity index (χ2n) is 4.50. The van der Waals surface area contributed by atoms with Crippen LogP contribution in [0.3, 0.4) is 0 Å². The third-order valence-electron chi connectivity index (χ3n) is 3.07. The SMILES string of the molecule is O=C(C=Cc1ccco1)NCCC1=CCCCC1. The quantitative estimate of drug-likeness (QED) is 0.639. The smallest absolute Gasteiger partial charge is 0.244 e. The van der Waals surface area contributed by atoms with Crippen molar-refractivity contribution in [3.8, 4) is 0 Å². The van der Waals surface area contributed by atoms with Crippen LogP contribution in [0, 0.1) is 0 Å².